The van der Waals surface area contributed by atoms with Crippen molar-refractivity contribution in [1.29, 1.82) is 0 Å². The van der Waals surface area contributed by atoms with Crippen molar-refractivity contribution in [2.75, 3.05) is 23.9 Å². The zero-order valence-electron chi connectivity index (χ0n) is 14.5. The van der Waals surface area contributed by atoms with Crippen LogP contribution >= 0.6 is 31.9 Å². The van der Waals surface area contributed by atoms with Crippen molar-refractivity contribution >= 4 is 37.8 Å². The minimum atomic E-state index is -0.349. The van der Waals surface area contributed by atoms with Crippen LogP contribution in [0.1, 0.15) is 28.8 Å². The minimum absolute atomic E-state index is 0.165. The lowest BCUT2D eigenvalue weighted by atomic mass is 10.2. The van der Waals surface area contributed by atoms with Gasteiger partial charge >= 0.3 is 5.97 Å². The lowest BCUT2D eigenvalue weighted by Gasteiger charge is -2.12. The number of halogens is 2. The molecule has 0 spiro atoms. The van der Waals surface area contributed by atoms with E-state index in [2.05, 4.69) is 31.9 Å². The standard InChI is InChI=1S/C20H22Br2O4/c21-8-4-10-24-18-12-16(13-19(14-18)25-11-5-9-22)15-26-20(23)17-6-2-1-3-7-17/h1-3,6-7,12-14H,4-5,8-11,15H2. The zero-order chi connectivity index (χ0) is 18.6. The van der Waals surface area contributed by atoms with Crippen molar-refractivity contribution in [2.45, 2.75) is 19.4 Å². The molecule has 0 aliphatic carbocycles. The van der Waals surface area contributed by atoms with E-state index in [1.165, 1.54) is 0 Å². The zero-order valence-corrected chi connectivity index (χ0v) is 17.6. The van der Waals surface area contributed by atoms with E-state index in [4.69, 9.17) is 14.2 Å². The first-order chi connectivity index (χ1) is 12.7. The summed E-state index contributed by atoms with van der Waals surface area (Å²) in [6.45, 7) is 1.39. The maximum atomic E-state index is 12.1. The Morgan fingerprint density at radius 2 is 1.42 bits per heavy atom. The Hall–Kier alpha value is -1.53. The van der Waals surface area contributed by atoms with Gasteiger partial charge in [-0.05, 0) is 42.7 Å². The molecule has 2 aromatic carbocycles. The smallest absolute Gasteiger partial charge is 0.338 e. The third-order valence-corrected chi connectivity index (χ3v) is 4.53. The molecule has 0 bridgehead atoms. The molecule has 0 atom stereocenters. The molecule has 0 radical (unpaired) electrons. The first kappa shape index (κ1) is 20.8. The maximum absolute atomic E-state index is 12.1. The van der Waals surface area contributed by atoms with E-state index in [1.54, 1.807) is 12.1 Å². The average molecular weight is 486 g/mol. The molecule has 4 nitrogen and oxygen atoms in total. The largest absolute Gasteiger partial charge is 0.493 e. The first-order valence-corrected chi connectivity index (χ1v) is 10.7. The van der Waals surface area contributed by atoms with Gasteiger partial charge in [0.1, 0.15) is 18.1 Å². The van der Waals surface area contributed by atoms with Crippen LogP contribution in [0.2, 0.25) is 0 Å². The minimum Gasteiger partial charge on any atom is -0.493 e. The van der Waals surface area contributed by atoms with Crippen LogP contribution in [0.3, 0.4) is 0 Å². The number of rotatable bonds is 11. The highest BCUT2D eigenvalue weighted by Crippen LogP contribution is 2.24. The molecule has 0 amide bonds. The van der Waals surface area contributed by atoms with Crippen LogP contribution in [-0.2, 0) is 11.3 Å². The summed E-state index contributed by atoms with van der Waals surface area (Å²) in [6, 6.07) is 14.6. The summed E-state index contributed by atoms with van der Waals surface area (Å²) in [6.07, 6.45) is 1.82. The number of ether oxygens (including phenoxy) is 3. The van der Waals surface area contributed by atoms with Gasteiger partial charge in [-0.3, -0.25) is 0 Å². The summed E-state index contributed by atoms with van der Waals surface area (Å²) in [5.41, 5.74) is 1.37. The van der Waals surface area contributed by atoms with E-state index in [0.29, 0.717) is 30.3 Å². The normalized spacial score (nSPS) is 10.4. The van der Waals surface area contributed by atoms with E-state index in [1.807, 2.05) is 36.4 Å². The third kappa shape index (κ3) is 7.38. The van der Waals surface area contributed by atoms with Gasteiger partial charge in [-0.1, -0.05) is 50.1 Å². The van der Waals surface area contributed by atoms with Crippen molar-refractivity contribution in [1.82, 2.24) is 0 Å². The molecular weight excluding hydrogens is 464 g/mol. The van der Waals surface area contributed by atoms with Gasteiger partial charge in [-0.25, -0.2) is 4.79 Å². The average Bonchev–Trinajstić information content (AvgIpc) is 2.67. The summed E-state index contributed by atoms with van der Waals surface area (Å²) in [4.78, 5) is 12.1. The van der Waals surface area contributed by atoms with Gasteiger partial charge in [0.15, 0.2) is 0 Å². The number of hydrogen-bond donors (Lipinski definition) is 0. The fourth-order valence-electron chi connectivity index (χ4n) is 2.18. The summed E-state index contributed by atoms with van der Waals surface area (Å²) >= 11 is 6.78. The molecule has 2 aromatic rings. The lowest BCUT2D eigenvalue weighted by Crippen LogP contribution is -2.06. The second-order valence-corrected chi connectivity index (χ2v) is 7.12. The van der Waals surface area contributed by atoms with Crippen molar-refractivity contribution in [2.24, 2.45) is 0 Å². The Morgan fingerprint density at radius 1 is 0.846 bits per heavy atom. The number of alkyl halides is 2. The van der Waals surface area contributed by atoms with Crippen molar-refractivity contribution < 1.29 is 19.0 Å². The predicted molar refractivity (Wildman–Crippen MR) is 110 cm³/mol. The molecule has 0 aromatic heterocycles. The molecule has 140 valence electrons. The number of hydrogen-bond acceptors (Lipinski definition) is 4. The second-order valence-electron chi connectivity index (χ2n) is 5.54. The summed E-state index contributed by atoms with van der Waals surface area (Å²) in [7, 11) is 0. The molecule has 0 saturated carbocycles. The Labute approximate surface area is 171 Å². The topological polar surface area (TPSA) is 44.8 Å². The van der Waals surface area contributed by atoms with E-state index < -0.39 is 0 Å². The van der Waals surface area contributed by atoms with Crippen molar-refractivity contribution in [3.8, 4) is 11.5 Å². The molecule has 0 aliphatic rings. The maximum Gasteiger partial charge on any atom is 0.338 e. The van der Waals surface area contributed by atoms with Gasteiger partial charge < -0.3 is 14.2 Å². The molecule has 26 heavy (non-hydrogen) atoms. The fourth-order valence-corrected chi connectivity index (χ4v) is 2.63. The van der Waals surface area contributed by atoms with Gasteiger partial charge in [0.05, 0.1) is 18.8 Å². The van der Waals surface area contributed by atoms with Crippen molar-refractivity contribution in [3.05, 3.63) is 59.7 Å². The van der Waals surface area contributed by atoms with E-state index >= 15 is 0 Å². The van der Waals surface area contributed by atoms with E-state index in [0.717, 1.165) is 29.1 Å². The Kier molecular flexibility index (Phi) is 9.56. The van der Waals surface area contributed by atoms with Crippen molar-refractivity contribution in [3.63, 3.8) is 0 Å². The molecule has 0 heterocycles. The summed E-state index contributed by atoms with van der Waals surface area (Å²) < 4.78 is 16.9. The van der Waals surface area contributed by atoms with Crippen LogP contribution in [0.15, 0.2) is 48.5 Å². The molecule has 0 fully saturated rings. The molecule has 6 heteroatoms. The van der Waals surface area contributed by atoms with Gasteiger partial charge in [0.25, 0.3) is 0 Å². The van der Waals surface area contributed by atoms with Gasteiger partial charge in [-0.2, -0.15) is 0 Å². The summed E-state index contributed by atoms with van der Waals surface area (Å²) in [5, 5.41) is 1.77. The third-order valence-electron chi connectivity index (χ3n) is 3.41. The van der Waals surface area contributed by atoms with Crippen LogP contribution in [0.25, 0.3) is 0 Å². The number of carbonyl (C=O) groups excluding carboxylic acids is 1. The Bertz CT molecular complexity index is 649. The van der Waals surface area contributed by atoms with Crippen LogP contribution in [0.4, 0.5) is 0 Å². The highest BCUT2D eigenvalue weighted by Gasteiger charge is 2.09. The molecule has 0 saturated heterocycles. The predicted octanol–water partition coefficient (Wildman–Crippen LogP) is 5.37. The molecular formula is C20H22Br2O4. The van der Waals surface area contributed by atoms with Crippen LogP contribution < -0.4 is 9.47 Å². The monoisotopic (exact) mass is 484 g/mol. The molecule has 0 unspecified atom stereocenters. The van der Waals surface area contributed by atoms with E-state index in [-0.39, 0.29) is 12.6 Å². The summed E-state index contributed by atoms with van der Waals surface area (Å²) in [5.74, 6) is 1.08. The van der Waals surface area contributed by atoms with E-state index in [9.17, 15) is 4.79 Å². The molecule has 0 N–H and O–H groups in total. The van der Waals surface area contributed by atoms with Crippen LogP contribution in [-0.4, -0.2) is 29.8 Å². The number of carbonyl (C=O) groups is 1. The van der Waals surface area contributed by atoms with Crippen LogP contribution in [0.5, 0.6) is 11.5 Å². The Morgan fingerprint density at radius 3 is 1.96 bits per heavy atom. The fraction of sp³-hybridized carbons (Fsp3) is 0.350. The highest BCUT2D eigenvalue weighted by molar-refractivity contribution is 9.09. The number of esters is 1. The second kappa shape index (κ2) is 12.0. The Balaban J connectivity index is 2.02. The SMILES string of the molecule is O=C(OCc1cc(OCCCBr)cc(OCCCBr)c1)c1ccccc1. The van der Waals surface area contributed by atoms with Crippen LogP contribution in [0, 0.1) is 0 Å². The first-order valence-electron chi connectivity index (χ1n) is 8.46. The number of benzene rings is 2. The molecule has 2 rings (SSSR count). The quantitative estimate of drug-likeness (QED) is 0.244. The van der Waals surface area contributed by atoms with Gasteiger partial charge in [-0.15, -0.1) is 0 Å². The highest BCUT2D eigenvalue weighted by atomic mass is 79.9. The molecule has 0 aliphatic heterocycles. The van der Waals surface area contributed by atoms with Gasteiger partial charge in [0.2, 0.25) is 0 Å². The van der Waals surface area contributed by atoms with Gasteiger partial charge in [0, 0.05) is 16.7 Å². The lowest BCUT2D eigenvalue weighted by molar-refractivity contribution is 0.0472.